The molecule has 2 rings (SSSR count). The van der Waals surface area contributed by atoms with Crippen LogP contribution in [0, 0.1) is 13.8 Å². The van der Waals surface area contributed by atoms with Crippen LogP contribution < -0.4 is 18.9 Å². The lowest BCUT2D eigenvalue weighted by molar-refractivity contribution is 0.232. The van der Waals surface area contributed by atoms with Crippen molar-refractivity contribution in [2.75, 3.05) is 27.4 Å². The van der Waals surface area contributed by atoms with Gasteiger partial charge in [-0.25, -0.2) is 0 Å². The Kier molecular flexibility index (Phi) is 6.62. The molecule has 0 fully saturated rings. The molecular weight excluding hydrogens is 328 g/mol. The van der Waals surface area contributed by atoms with Crippen molar-refractivity contribution in [2.24, 2.45) is 0 Å². The van der Waals surface area contributed by atoms with Crippen molar-refractivity contribution in [3.63, 3.8) is 0 Å². The normalized spacial score (nSPS) is 10.4. The molecule has 0 spiro atoms. The molecule has 0 aromatic heterocycles. The largest absolute Gasteiger partial charge is 0.493 e. The van der Waals surface area contributed by atoms with Crippen LogP contribution in [0.4, 0.5) is 0 Å². The monoisotopic (exact) mass is 350 g/mol. The van der Waals surface area contributed by atoms with Gasteiger partial charge in [-0.3, -0.25) is 0 Å². The van der Waals surface area contributed by atoms with Gasteiger partial charge >= 0.3 is 0 Å². The number of hydrogen-bond donors (Lipinski definition) is 0. The minimum absolute atomic E-state index is 0.502. The fourth-order valence-electron chi connectivity index (χ4n) is 2.29. The average molecular weight is 351 g/mol. The lowest BCUT2D eigenvalue weighted by atomic mass is 10.1. The maximum absolute atomic E-state index is 6.10. The van der Waals surface area contributed by atoms with E-state index < -0.39 is 0 Å². The molecular formula is C19H23ClO4. The summed E-state index contributed by atoms with van der Waals surface area (Å²) in [6, 6.07) is 9.30. The highest BCUT2D eigenvalue weighted by molar-refractivity contribution is 6.31. The van der Waals surface area contributed by atoms with Crippen molar-refractivity contribution in [2.45, 2.75) is 20.3 Å². The van der Waals surface area contributed by atoms with Crippen LogP contribution in [-0.4, -0.2) is 27.4 Å². The Morgan fingerprint density at radius 2 is 1.42 bits per heavy atom. The van der Waals surface area contributed by atoms with Crippen molar-refractivity contribution in [1.29, 1.82) is 0 Å². The molecule has 0 N–H and O–H groups in total. The third-order valence-electron chi connectivity index (χ3n) is 3.85. The number of rotatable bonds is 8. The van der Waals surface area contributed by atoms with E-state index in [4.69, 9.17) is 30.5 Å². The Morgan fingerprint density at radius 3 is 2.04 bits per heavy atom. The maximum Gasteiger partial charge on any atom is 0.203 e. The summed E-state index contributed by atoms with van der Waals surface area (Å²) in [5, 5.41) is 0.756. The number of methoxy groups -OCH3 is 2. The summed E-state index contributed by atoms with van der Waals surface area (Å²) in [7, 11) is 3.22. The van der Waals surface area contributed by atoms with E-state index in [1.54, 1.807) is 14.2 Å². The SMILES string of the molecule is COc1cccc(OC)c1OCCCOc1ccc(Cl)c(C)c1C. The van der Waals surface area contributed by atoms with Gasteiger partial charge in [0.2, 0.25) is 5.75 Å². The fraction of sp³-hybridized carbons (Fsp3) is 0.368. The highest BCUT2D eigenvalue weighted by atomic mass is 35.5. The highest BCUT2D eigenvalue weighted by Crippen LogP contribution is 2.36. The Bertz CT molecular complexity index is 663. The van der Waals surface area contributed by atoms with Crippen LogP contribution in [0.25, 0.3) is 0 Å². The van der Waals surface area contributed by atoms with Crippen LogP contribution >= 0.6 is 11.6 Å². The van der Waals surface area contributed by atoms with Crippen LogP contribution in [0.2, 0.25) is 5.02 Å². The van der Waals surface area contributed by atoms with E-state index in [-0.39, 0.29) is 0 Å². The van der Waals surface area contributed by atoms with E-state index in [9.17, 15) is 0 Å². The highest BCUT2D eigenvalue weighted by Gasteiger charge is 2.11. The van der Waals surface area contributed by atoms with E-state index in [0.29, 0.717) is 30.5 Å². The molecule has 0 saturated heterocycles. The van der Waals surface area contributed by atoms with E-state index in [1.165, 1.54) is 0 Å². The Morgan fingerprint density at radius 1 is 0.792 bits per heavy atom. The third kappa shape index (κ3) is 4.26. The molecule has 0 heterocycles. The Hall–Kier alpha value is -2.07. The van der Waals surface area contributed by atoms with Crippen LogP contribution in [0.1, 0.15) is 17.5 Å². The lowest BCUT2D eigenvalue weighted by Crippen LogP contribution is -2.07. The molecule has 0 aliphatic rings. The zero-order chi connectivity index (χ0) is 17.5. The zero-order valence-electron chi connectivity index (χ0n) is 14.5. The molecule has 0 bridgehead atoms. The predicted octanol–water partition coefficient (Wildman–Crippen LogP) is 4.82. The number of ether oxygens (including phenoxy) is 4. The summed E-state index contributed by atoms with van der Waals surface area (Å²) in [5.41, 5.74) is 2.11. The van der Waals surface area contributed by atoms with E-state index >= 15 is 0 Å². The molecule has 0 unspecified atom stereocenters. The first-order valence-corrected chi connectivity index (χ1v) is 8.18. The average Bonchev–Trinajstić information content (AvgIpc) is 2.61. The Labute approximate surface area is 148 Å². The zero-order valence-corrected chi connectivity index (χ0v) is 15.3. The predicted molar refractivity (Wildman–Crippen MR) is 96.1 cm³/mol. The van der Waals surface area contributed by atoms with Gasteiger partial charge in [-0.2, -0.15) is 0 Å². The van der Waals surface area contributed by atoms with Gasteiger partial charge in [0.15, 0.2) is 11.5 Å². The molecule has 5 heteroatoms. The van der Waals surface area contributed by atoms with Gasteiger partial charge in [0, 0.05) is 11.4 Å². The smallest absolute Gasteiger partial charge is 0.203 e. The van der Waals surface area contributed by atoms with Gasteiger partial charge < -0.3 is 18.9 Å². The standard InChI is InChI=1S/C19H23ClO4/c1-13-14(2)16(10-9-15(13)20)23-11-6-12-24-19-17(21-3)7-5-8-18(19)22-4/h5,7-10H,6,11-12H2,1-4H3. The summed E-state index contributed by atoms with van der Waals surface area (Å²) in [6.07, 6.45) is 0.738. The molecule has 24 heavy (non-hydrogen) atoms. The molecule has 0 aliphatic carbocycles. The summed E-state index contributed by atoms with van der Waals surface area (Å²) >= 11 is 6.10. The lowest BCUT2D eigenvalue weighted by Gasteiger charge is -2.15. The molecule has 0 amide bonds. The third-order valence-corrected chi connectivity index (χ3v) is 4.26. The van der Waals surface area contributed by atoms with Crippen LogP contribution in [0.15, 0.2) is 30.3 Å². The topological polar surface area (TPSA) is 36.9 Å². The van der Waals surface area contributed by atoms with Gasteiger partial charge in [0.1, 0.15) is 5.75 Å². The van der Waals surface area contributed by atoms with Crippen LogP contribution in [0.3, 0.4) is 0 Å². The van der Waals surface area contributed by atoms with Gasteiger partial charge in [-0.1, -0.05) is 17.7 Å². The molecule has 0 saturated carbocycles. The minimum Gasteiger partial charge on any atom is -0.493 e. The van der Waals surface area contributed by atoms with Crippen LogP contribution in [0.5, 0.6) is 23.0 Å². The number of halogens is 1. The molecule has 0 radical (unpaired) electrons. The number of para-hydroxylation sites is 1. The summed E-state index contributed by atoms with van der Waals surface area (Å²) in [5.74, 6) is 2.77. The quantitative estimate of drug-likeness (QED) is 0.639. The first kappa shape index (κ1) is 18.3. The minimum atomic E-state index is 0.502. The van der Waals surface area contributed by atoms with Crippen molar-refractivity contribution >= 4 is 11.6 Å². The van der Waals surface area contributed by atoms with Gasteiger partial charge in [0.25, 0.3) is 0 Å². The van der Waals surface area contributed by atoms with Gasteiger partial charge in [-0.05, 0) is 49.2 Å². The Balaban J connectivity index is 1.87. The van der Waals surface area contributed by atoms with E-state index in [2.05, 4.69) is 0 Å². The fourth-order valence-corrected chi connectivity index (χ4v) is 2.50. The number of hydrogen-bond acceptors (Lipinski definition) is 4. The molecule has 0 atom stereocenters. The second kappa shape index (κ2) is 8.69. The van der Waals surface area contributed by atoms with E-state index in [0.717, 1.165) is 28.3 Å². The second-order valence-electron chi connectivity index (χ2n) is 5.34. The van der Waals surface area contributed by atoms with Crippen molar-refractivity contribution in [1.82, 2.24) is 0 Å². The summed E-state index contributed by atoms with van der Waals surface area (Å²) in [6.45, 7) is 5.05. The second-order valence-corrected chi connectivity index (χ2v) is 5.74. The molecule has 4 nitrogen and oxygen atoms in total. The summed E-state index contributed by atoms with van der Waals surface area (Å²) < 4.78 is 22.2. The van der Waals surface area contributed by atoms with Crippen molar-refractivity contribution in [3.8, 4) is 23.0 Å². The van der Waals surface area contributed by atoms with Gasteiger partial charge in [-0.15, -0.1) is 0 Å². The molecule has 2 aromatic carbocycles. The number of benzene rings is 2. The van der Waals surface area contributed by atoms with Crippen molar-refractivity contribution in [3.05, 3.63) is 46.5 Å². The van der Waals surface area contributed by atoms with Crippen molar-refractivity contribution < 1.29 is 18.9 Å². The van der Waals surface area contributed by atoms with Gasteiger partial charge in [0.05, 0.1) is 27.4 Å². The first-order valence-electron chi connectivity index (χ1n) is 7.80. The summed E-state index contributed by atoms with van der Waals surface area (Å²) in [4.78, 5) is 0. The first-order chi connectivity index (χ1) is 11.6. The molecule has 0 aliphatic heterocycles. The van der Waals surface area contributed by atoms with E-state index in [1.807, 2.05) is 44.2 Å². The maximum atomic E-state index is 6.10. The van der Waals surface area contributed by atoms with Crippen LogP contribution in [-0.2, 0) is 0 Å². The molecule has 2 aromatic rings. The molecule has 130 valence electrons.